The molecule has 1 N–H and O–H groups in total. The van der Waals surface area contributed by atoms with Crippen molar-refractivity contribution >= 4 is 0 Å². The van der Waals surface area contributed by atoms with Gasteiger partial charge < -0.3 is 19.5 Å². The normalized spacial score (nSPS) is 41.0. The van der Waals surface area contributed by atoms with Gasteiger partial charge in [0.2, 0.25) is 0 Å². The van der Waals surface area contributed by atoms with E-state index in [0.29, 0.717) is 6.04 Å². The number of hydrogen-bond donors (Lipinski definition) is 1. The van der Waals surface area contributed by atoms with E-state index in [9.17, 15) is 5.11 Å². The molecule has 0 radical (unpaired) electrons. The van der Waals surface area contributed by atoms with Gasteiger partial charge in [0.05, 0.1) is 18.1 Å². The predicted molar refractivity (Wildman–Crippen MR) is 87.2 cm³/mol. The Morgan fingerprint density at radius 1 is 1.35 bits per heavy atom. The lowest BCUT2D eigenvalue weighted by atomic mass is 9.57. The van der Waals surface area contributed by atoms with Crippen LogP contribution >= 0.6 is 0 Å². The van der Waals surface area contributed by atoms with Crippen LogP contribution in [0.3, 0.4) is 0 Å². The summed E-state index contributed by atoms with van der Waals surface area (Å²) < 4.78 is 12.0. The van der Waals surface area contributed by atoms with Gasteiger partial charge in [-0.15, -0.1) is 0 Å². The second kappa shape index (κ2) is 4.42. The van der Waals surface area contributed by atoms with Crippen LogP contribution in [0.1, 0.15) is 43.2 Å². The first kappa shape index (κ1) is 14.1. The number of rotatable bonds is 1. The number of fused-ring (bicyclic) bond motifs is 1. The summed E-state index contributed by atoms with van der Waals surface area (Å²) in [6.07, 6.45) is 5.92. The van der Waals surface area contributed by atoms with Gasteiger partial charge in [0, 0.05) is 11.6 Å². The minimum atomic E-state index is -0.645. The summed E-state index contributed by atoms with van der Waals surface area (Å²) in [6, 6.07) is 4.67. The molecule has 2 heterocycles. The van der Waals surface area contributed by atoms with Crippen LogP contribution in [-0.2, 0) is 11.8 Å². The Balaban J connectivity index is 1.84. The Morgan fingerprint density at radius 2 is 2.22 bits per heavy atom. The van der Waals surface area contributed by atoms with Crippen LogP contribution in [0, 0.1) is 0 Å². The molecule has 23 heavy (non-hydrogen) atoms. The molecule has 124 valence electrons. The first-order chi connectivity index (χ1) is 11.1. The van der Waals surface area contributed by atoms with Gasteiger partial charge in [-0.3, -0.25) is 0 Å². The SMILES string of the molecule is COc1ccc2c3c1OC1CCCC4(O)CC(C2)N(C)CCC314. The molecule has 5 rings (SSSR count). The zero-order valence-electron chi connectivity index (χ0n) is 14.0. The summed E-state index contributed by atoms with van der Waals surface area (Å²) in [5.74, 6) is 1.74. The maximum absolute atomic E-state index is 11.8. The monoisotopic (exact) mass is 315 g/mol. The van der Waals surface area contributed by atoms with Gasteiger partial charge in [-0.2, -0.15) is 0 Å². The van der Waals surface area contributed by atoms with Crippen molar-refractivity contribution in [3.8, 4) is 11.5 Å². The largest absolute Gasteiger partial charge is 0.493 e. The standard InChI is InChI=1S/C19H25NO3/c1-20-9-8-19-15-4-3-7-18(19,21)11-13(20)10-12-5-6-14(22-2)17(23-15)16(12)19/h5-6,13,15,21H,3-4,7-11H2,1-2H3. The van der Waals surface area contributed by atoms with Crippen LogP contribution in [0.5, 0.6) is 11.5 Å². The van der Waals surface area contributed by atoms with Crippen LogP contribution < -0.4 is 9.47 Å². The summed E-state index contributed by atoms with van der Waals surface area (Å²) in [6.45, 7) is 1.03. The molecule has 2 aliphatic heterocycles. The zero-order valence-corrected chi connectivity index (χ0v) is 14.0. The number of ether oxygens (including phenoxy) is 2. The van der Waals surface area contributed by atoms with Crippen molar-refractivity contribution in [2.75, 3.05) is 20.7 Å². The average Bonchev–Trinajstić information content (AvgIpc) is 2.76. The number of nitrogens with zero attached hydrogens (tertiary/aromatic N) is 1. The molecule has 1 saturated carbocycles. The van der Waals surface area contributed by atoms with Gasteiger partial charge in [-0.1, -0.05) is 6.07 Å². The van der Waals surface area contributed by atoms with Gasteiger partial charge >= 0.3 is 0 Å². The van der Waals surface area contributed by atoms with E-state index in [2.05, 4.69) is 18.0 Å². The Kier molecular flexibility index (Phi) is 2.71. The van der Waals surface area contributed by atoms with Crippen LogP contribution in [0.2, 0.25) is 0 Å². The molecule has 2 aliphatic carbocycles. The first-order valence-corrected chi connectivity index (χ1v) is 8.89. The highest BCUT2D eigenvalue weighted by Crippen LogP contribution is 2.63. The lowest BCUT2D eigenvalue weighted by molar-refractivity contribution is -0.108. The van der Waals surface area contributed by atoms with Crippen molar-refractivity contribution in [1.82, 2.24) is 4.90 Å². The van der Waals surface area contributed by atoms with Gasteiger partial charge in [0.15, 0.2) is 11.5 Å². The van der Waals surface area contributed by atoms with Crippen molar-refractivity contribution in [2.24, 2.45) is 0 Å². The third-order valence-corrected chi connectivity index (χ3v) is 7.08. The van der Waals surface area contributed by atoms with E-state index < -0.39 is 5.60 Å². The minimum Gasteiger partial charge on any atom is -0.493 e. The quantitative estimate of drug-likeness (QED) is 0.863. The zero-order chi connectivity index (χ0) is 15.8. The molecule has 2 fully saturated rings. The number of benzene rings is 1. The van der Waals surface area contributed by atoms with E-state index in [1.54, 1.807) is 7.11 Å². The summed E-state index contributed by atoms with van der Waals surface area (Å²) in [4.78, 5) is 2.45. The maximum Gasteiger partial charge on any atom is 0.165 e. The van der Waals surface area contributed by atoms with Crippen LogP contribution in [-0.4, -0.2) is 48.5 Å². The third kappa shape index (κ3) is 1.54. The fourth-order valence-electron chi connectivity index (χ4n) is 5.95. The molecule has 4 aliphatic rings. The highest BCUT2D eigenvalue weighted by atomic mass is 16.5. The second-order valence-corrected chi connectivity index (χ2v) is 7.93. The van der Waals surface area contributed by atoms with E-state index in [1.165, 1.54) is 11.1 Å². The highest BCUT2D eigenvalue weighted by Gasteiger charge is 2.66. The van der Waals surface area contributed by atoms with Crippen molar-refractivity contribution in [3.63, 3.8) is 0 Å². The molecular formula is C19H25NO3. The average molecular weight is 315 g/mol. The lowest BCUT2D eigenvalue weighted by Gasteiger charge is -2.50. The molecule has 1 saturated heterocycles. The topological polar surface area (TPSA) is 41.9 Å². The van der Waals surface area contributed by atoms with Crippen LogP contribution in [0.25, 0.3) is 0 Å². The van der Waals surface area contributed by atoms with E-state index in [4.69, 9.17) is 9.47 Å². The van der Waals surface area contributed by atoms with Gasteiger partial charge in [0.1, 0.15) is 6.10 Å². The Labute approximate surface area is 137 Å². The number of hydrogen-bond acceptors (Lipinski definition) is 4. The van der Waals surface area contributed by atoms with Crippen molar-refractivity contribution in [3.05, 3.63) is 23.3 Å². The Bertz CT molecular complexity index is 675. The molecule has 1 aromatic carbocycles. The molecule has 4 nitrogen and oxygen atoms in total. The molecular weight excluding hydrogens is 290 g/mol. The Hall–Kier alpha value is -1.26. The van der Waals surface area contributed by atoms with E-state index in [0.717, 1.165) is 56.6 Å². The van der Waals surface area contributed by atoms with Crippen molar-refractivity contribution in [1.29, 1.82) is 0 Å². The molecule has 1 spiro atoms. The molecule has 0 amide bonds. The van der Waals surface area contributed by atoms with Gasteiger partial charge in [0.25, 0.3) is 0 Å². The molecule has 2 bridgehead atoms. The van der Waals surface area contributed by atoms with Crippen LogP contribution in [0.15, 0.2) is 12.1 Å². The second-order valence-electron chi connectivity index (χ2n) is 7.93. The summed E-state index contributed by atoms with van der Waals surface area (Å²) in [5, 5.41) is 11.8. The first-order valence-electron chi connectivity index (χ1n) is 8.89. The lowest BCUT2D eigenvalue weighted by Crippen LogP contribution is -2.60. The van der Waals surface area contributed by atoms with Crippen molar-refractivity contribution < 1.29 is 14.6 Å². The minimum absolute atomic E-state index is 0.0940. The number of aliphatic hydroxyl groups is 1. The summed E-state index contributed by atoms with van der Waals surface area (Å²) in [5.41, 5.74) is 1.75. The summed E-state index contributed by atoms with van der Waals surface area (Å²) in [7, 11) is 3.92. The molecule has 4 heteroatoms. The van der Waals surface area contributed by atoms with Gasteiger partial charge in [-0.25, -0.2) is 0 Å². The highest BCUT2D eigenvalue weighted by molar-refractivity contribution is 5.61. The molecule has 4 unspecified atom stereocenters. The fraction of sp³-hybridized carbons (Fsp3) is 0.684. The van der Waals surface area contributed by atoms with E-state index in [-0.39, 0.29) is 11.5 Å². The third-order valence-electron chi connectivity index (χ3n) is 7.08. The summed E-state index contributed by atoms with van der Waals surface area (Å²) >= 11 is 0. The smallest absolute Gasteiger partial charge is 0.165 e. The van der Waals surface area contributed by atoms with Crippen LogP contribution in [0.4, 0.5) is 0 Å². The molecule has 0 aromatic heterocycles. The van der Waals surface area contributed by atoms with Crippen molar-refractivity contribution in [2.45, 2.75) is 61.7 Å². The predicted octanol–water partition coefficient (Wildman–Crippen LogP) is 2.26. The number of methoxy groups -OCH3 is 1. The maximum atomic E-state index is 11.8. The number of likely N-dealkylation sites (tertiary alicyclic amines) is 1. The number of likely N-dealkylation sites (N-methyl/N-ethyl adjacent to an activating group) is 1. The fourth-order valence-corrected chi connectivity index (χ4v) is 5.95. The Morgan fingerprint density at radius 3 is 3.04 bits per heavy atom. The van der Waals surface area contributed by atoms with Gasteiger partial charge in [-0.05, 0) is 63.7 Å². The molecule has 1 aromatic rings. The van der Waals surface area contributed by atoms with E-state index in [1.807, 2.05) is 6.07 Å². The molecule has 4 atom stereocenters. The van der Waals surface area contributed by atoms with E-state index >= 15 is 0 Å².